The number of hydrogen-bond donors (Lipinski definition) is 3. The lowest BCUT2D eigenvalue weighted by Crippen LogP contribution is -2.16. The molecule has 0 unspecified atom stereocenters. The molecular weight excluding hydrogens is 526 g/mol. The van der Waals surface area contributed by atoms with Crippen LogP contribution in [0.3, 0.4) is 0 Å². The van der Waals surface area contributed by atoms with Crippen LogP contribution in [0.5, 0.6) is 0 Å². The highest BCUT2D eigenvalue weighted by Gasteiger charge is 2.17. The number of rotatable bonds is 6. The van der Waals surface area contributed by atoms with E-state index >= 15 is 0 Å². The minimum atomic E-state index is -3.93. The van der Waals surface area contributed by atoms with Crippen LogP contribution in [-0.4, -0.2) is 25.4 Å². The molecule has 0 saturated carbocycles. The summed E-state index contributed by atoms with van der Waals surface area (Å²) in [7, 11) is -3.93. The third kappa shape index (κ3) is 5.13. The molecule has 30 heavy (non-hydrogen) atoms. The number of benzene rings is 3. The molecule has 0 fully saturated rings. The van der Waals surface area contributed by atoms with E-state index in [1.807, 2.05) is 22.6 Å². The zero-order valence-corrected chi connectivity index (χ0v) is 18.1. The summed E-state index contributed by atoms with van der Waals surface area (Å²) in [4.78, 5) is 23.7. The monoisotopic (exact) mass is 540 g/mol. The summed E-state index contributed by atoms with van der Waals surface area (Å²) < 4.78 is 40.9. The first-order valence-corrected chi connectivity index (χ1v) is 10.9. The van der Waals surface area contributed by atoms with Crippen molar-refractivity contribution in [2.75, 3.05) is 10.0 Å². The van der Waals surface area contributed by atoms with Gasteiger partial charge in [0.05, 0.1) is 16.1 Å². The number of carbonyl (C=O) groups is 2. The van der Waals surface area contributed by atoms with Gasteiger partial charge in [-0.05, 0) is 89.3 Å². The van der Waals surface area contributed by atoms with Crippen LogP contribution in [0.1, 0.15) is 20.7 Å². The first-order chi connectivity index (χ1) is 14.2. The Morgan fingerprint density at radius 3 is 2.17 bits per heavy atom. The number of carboxylic acid groups (broad SMARTS) is 1. The van der Waals surface area contributed by atoms with Gasteiger partial charge in [0.2, 0.25) is 0 Å². The van der Waals surface area contributed by atoms with Gasteiger partial charge in [0.1, 0.15) is 5.82 Å². The van der Waals surface area contributed by atoms with Gasteiger partial charge >= 0.3 is 5.97 Å². The quantitative estimate of drug-likeness (QED) is 0.407. The van der Waals surface area contributed by atoms with Crippen molar-refractivity contribution in [3.05, 3.63) is 87.2 Å². The van der Waals surface area contributed by atoms with E-state index in [0.717, 1.165) is 12.1 Å². The lowest BCUT2D eigenvalue weighted by molar-refractivity contribution is 0.0698. The van der Waals surface area contributed by atoms with Crippen molar-refractivity contribution in [2.24, 2.45) is 0 Å². The number of anilines is 2. The fourth-order valence-electron chi connectivity index (χ4n) is 2.51. The number of carbonyl (C=O) groups excluding carboxylic acids is 1. The van der Waals surface area contributed by atoms with Gasteiger partial charge < -0.3 is 10.4 Å². The van der Waals surface area contributed by atoms with Gasteiger partial charge in [-0.15, -0.1) is 0 Å². The first-order valence-electron chi connectivity index (χ1n) is 8.38. The highest BCUT2D eigenvalue weighted by Crippen LogP contribution is 2.21. The van der Waals surface area contributed by atoms with Crippen LogP contribution in [0.2, 0.25) is 0 Å². The van der Waals surface area contributed by atoms with Crippen LogP contribution < -0.4 is 10.0 Å². The van der Waals surface area contributed by atoms with Gasteiger partial charge in [0.15, 0.2) is 0 Å². The average molecular weight is 540 g/mol. The zero-order valence-electron chi connectivity index (χ0n) is 15.1. The summed E-state index contributed by atoms with van der Waals surface area (Å²) >= 11 is 1.96. The first kappa shape index (κ1) is 21.7. The standard InChI is InChI=1S/C20H14FIN2O5S/c21-13-3-6-15(7-4-13)24-30(28,29)16-8-1-12(2-9-16)19(25)23-18-10-5-14(22)11-17(18)20(26)27/h1-11,24H,(H,23,25)(H,26,27). The molecular formula is C20H14FIN2O5S. The third-order valence-electron chi connectivity index (χ3n) is 3.98. The summed E-state index contributed by atoms with van der Waals surface area (Å²) in [5.74, 6) is -2.27. The van der Waals surface area contributed by atoms with Crippen molar-refractivity contribution in [1.29, 1.82) is 0 Å². The predicted molar refractivity (Wildman–Crippen MR) is 118 cm³/mol. The topological polar surface area (TPSA) is 113 Å². The van der Waals surface area contributed by atoms with Crippen LogP contribution >= 0.6 is 22.6 Å². The number of halogens is 2. The second kappa shape index (κ2) is 8.79. The molecule has 0 aliphatic rings. The van der Waals surface area contributed by atoms with Crippen molar-refractivity contribution < 1.29 is 27.5 Å². The average Bonchev–Trinajstić information content (AvgIpc) is 2.71. The van der Waals surface area contributed by atoms with Gasteiger partial charge in [-0.25, -0.2) is 17.6 Å². The Hall–Kier alpha value is -2.99. The van der Waals surface area contributed by atoms with E-state index in [4.69, 9.17) is 0 Å². The van der Waals surface area contributed by atoms with E-state index in [0.29, 0.717) is 3.57 Å². The molecule has 0 atom stereocenters. The predicted octanol–water partition coefficient (Wildman–Crippen LogP) is 4.18. The Kier molecular flexibility index (Phi) is 6.37. The number of amides is 1. The van der Waals surface area contributed by atoms with Gasteiger partial charge in [-0.1, -0.05) is 0 Å². The summed E-state index contributed by atoms with van der Waals surface area (Å²) in [5, 5.41) is 11.8. The van der Waals surface area contributed by atoms with E-state index < -0.39 is 27.7 Å². The molecule has 0 aliphatic carbocycles. The fraction of sp³-hybridized carbons (Fsp3) is 0. The second-order valence-electron chi connectivity index (χ2n) is 6.09. The maximum atomic E-state index is 13.0. The molecule has 10 heteroatoms. The number of nitrogens with one attached hydrogen (secondary N) is 2. The molecule has 3 rings (SSSR count). The van der Waals surface area contributed by atoms with E-state index in [9.17, 15) is 27.5 Å². The number of hydrogen-bond acceptors (Lipinski definition) is 4. The summed E-state index contributed by atoms with van der Waals surface area (Å²) in [5.41, 5.74) is 0.407. The molecule has 0 bridgehead atoms. The lowest BCUT2D eigenvalue weighted by atomic mass is 10.1. The molecule has 3 N–H and O–H groups in total. The molecule has 0 aromatic heterocycles. The Balaban J connectivity index is 1.77. The minimum absolute atomic E-state index is 0.0575. The maximum Gasteiger partial charge on any atom is 0.337 e. The van der Waals surface area contributed by atoms with Crippen molar-refractivity contribution >= 4 is 55.9 Å². The van der Waals surface area contributed by atoms with Gasteiger partial charge in [-0.2, -0.15) is 0 Å². The van der Waals surface area contributed by atoms with E-state index in [1.165, 1.54) is 48.5 Å². The highest BCUT2D eigenvalue weighted by atomic mass is 127. The third-order valence-corrected chi connectivity index (χ3v) is 6.05. The van der Waals surface area contributed by atoms with Crippen molar-refractivity contribution in [3.63, 3.8) is 0 Å². The van der Waals surface area contributed by atoms with Gasteiger partial charge in [0.25, 0.3) is 15.9 Å². The molecule has 7 nitrogen and oxygen atoms in total. The van der Waals surface area contributed by atoms with E-state index in [-0.39, 0.29) is 27.4 Å². The van der Waals surface area contributed by atoms with Gasteiger partial charge in [0, 0.05) is 14.8 Å². The van der Waals surface area contributed by atoms with Gasteiger partial charge in [-0.3, -0.25) is 9.52 Å². The Labute approximate surface area is 185 Å². The molecule has 0 saturated heterocycles. The molecule has 0 heterocycles. The number of sulfonamides is 1. The SMILES string of the molecule is O=C(Nc1ccc(I)cc1C(=O)O)c1ccc(S(=O)(=O)Nc2ccc(F)cc2)cc1. The van der Waals surface area contributed by atoms with E-state index in [1.54, 1.807) is 6.07 Å². The fourth-order valence-corrected chi connectivity index (χ4v) is 4.06. The second-order valence-corrected chi connectivity index (χ2v) is 9.01. The maximum absolute atomic E-state index is 13.0. The molecule has 3 aromatic carbocycles. The Bertz CT molecular complexity index is 1210. The Morgan fingerprint density at radius 1 is 0.933 bits per heavy atom. The molecule has 1 amide bonds. The van der Waals surface area contributed by atoms with Crippen LogP contribution in [0.25, 0.3) is 0 Å². The highest BCUT2D eigenvalue weighted by molar-refractivity contribution is 14.1. The van der Waals surface area contributed by atoms with Crippen LogP contribution in [0.15, 0.2) is 71.6 Å². The van der Waals surface area contributed by atoms with Crippen molar-refractivity contribution in [2.45, 2.75) is 4.90 Å². The minimum Gasteiger partial charge on any atom is -0.478 e. The Morgan fingerprint density at radius 2 is 1.57 bits per heavy atom. The van der Waals surface area contributed by atoms with Crippen molar-refractivity contribution in [3.8, 4) is 0 Å². The van der Waals surface area contributed by atoms with Crippen LogP contribution in [0, 0.1) is 9.39 Å². The zero-order chi connectivity index (χ0) is 21.9. The number of aromatic carboxylic acids is 1. The normalized spacial score (nSPS) is 11.0. The van der Waals surface area contributed by atoms with Crippen molar-refractivity contribution in [1.82, 2.24) is 0 Å². The molecule has 3 aromatic rings. The summed E-state index contributed by atoms with van der Waals surface area (Å²) in [6, 6.07) is 14.5. The molecule has 0 radical (unpaired) electrons. The van der Waals surface area contributed by atoms with Crippen LogP contribution in [0.4, 0.5) is 15.8 Å². The van der Waals surface area contributed by atoms with E-state index in [2.05, 4.69) is 10.0 Å². The largest absolute Gasteiger partial charge is 0.478 e. The summed E-state index contributed by atoms with van der Waals surface area (Å²) in [6.07, 6.45) is 0. The smallest absolute Gasteiger partial charge is 0.337 e. The molecule has 0 aliphatic heterocycles. The number of carboxylic acids is 1. The summed E-state index contributed by atoms with van der Waals surface area (Å²) in [6.45, 7) is 0. The lowest BCUT2D eigenvalue weighted by Gasteiger charge is -2.10. The van der Waals surface area contributed by atoms with Crippen LogP contribution in [-0.2, 0) is 10.0 Å². The molecule has 0 spiro atoms. The molecule has 154 valence electrons.